The van der Waals surface area contributed by atoms with Gasteiger partial charge >= 0.3 is 0 Å². The molecule has 0 spiro atoms. The third kappa shape index (κ3) is 3.46. The lowest BCUT2D eigenvalue weighted by molar-refractivity contribution is 0.0797. The minimum atomic E-state index is 0.0270. The van der Waals surface area contributed by atoms with Gasteiger partial charge in [-0.1, -0.05) is 12.1 Å². The zero-order valence-corrected chi connectivity index (χ0v) is 15.0. The van der Waals surface area contributed by atoms with Crippen molar-refractivity contribution >= 4 is 5.78 Å². The number of aryl methyl sites for hydroxylation is 1. The molecule has 0 saturated carbocycles. The fourth-order valence-corrected chi connectivity index (χ4v) is 3.68. The van der Waals surface area contributed by atoms with Crippen molar-refractivity contribution in [3.05, 3.63) is 66.5 Å². The van der Waals surface area contributed by atoms with E-state index in [1.807, 2.05) is 34.8 Å². The molecule has 134 valence electrons. The molecular formula is C20H23N5O. The summed E-state index contributed by atoms with van der Waals surface area (Å²) < 4.78 is 3.68. The van der Waals surface area contributed by atoms with E-state index in [0.717, 1.165) is 38.2 Å². The summed E-state index contributed by atoms with van der Waals surface area (Å²) in [6.45, 7) is 2.66. The molecule has 1 unspecified atom stereocenters. The summed E-state index contributed by atoms with van der Waals surface area (Å²) in [6.07, 6.45) is 9.23. The standard InChI is InChI=1S/C20H23N5O/c1-23-12-9-21-20(23)19(26)17-6-3-10-24(15-17)14-16-5-2-7-18(13-16)25-11-4-8-22-25/h2,4-5,7-9,11-13,17H,3,6,10,14-15H2,1H3. The van der Waals surface area contributed by atoms with Gasteiger partial charge in [-0.05, 0) is 43.1 Å². The summed E-state index contributed by atoms with van der Waals surface area (Å²) >= 11 is 0. The van der Waals surface area contributed by atoms with Crippen LogP contribution in [-0.4, -0.2) is 43.1 Å². The second kappa shape index (κ2) is 7.25. The van der Waals surface area contributed by atoms with Crippen LogP contribution in [0.5, 0.6) is 0 Å². The molecule has 0 aliphatic carbocycles. The van der Waals surface area contributed by atoms with Crippen LogP contribution in [0.15, 0.2) is 55.1 Å². The van der Waals surface area contributed by atoms with E-state index >= 15 is 0 Å². The fourth-order valence-electron chi connectivity index (χ4n) is 3.68. The lowest BCUT2D eigenvalue weighted by atomic mass is 9.93. The Balaban J connectivity index is 1.45. The Morgan fingerprint density at radius 2 is 2.15 bits per heavy atom. The van der Waals surface area contributed by atoms with Crippen molar-refractivity contribution in [2.24, 2.45) is 13.0 Å². The van der Waals surface area contributed by atoms with Gasteiger partial charge in [0.05, 0.1) is 5.69 Å². The highest BCUT2D eigenvalue weighted by atomic mass is 16.1. The van der Waals surface area contributed by atoms with Crippen molar-refractivity contribution in [3.8, 4) is 5.69 Å². The summed E-state index contributed by atoms with van der Waals surface area (Å²) in [5.74, 6) is 0.754. The number of ketones is 1. The SMILES string of the molecule is Cn1ccnc1C(=O)C1CCCN(Cc2cccc(-n3cccn3)c2)C1. The maximum atomic E-state index is 12.8. The molecule has 26 heavy (non-hydrogen) atoms. The minimum absolute atomic E-state index is 0.0270. The molecule has 1 aliphatic rings. The van der Waals surface area contributed by atoms with Crippen LogP contribution in [0.25, 0.3) is 5.69 Å². The molecule has 1 aromatic carbocycles. The van der Waals surface area contributed by atoms with Crippen LogP contribution in [0.2, 0.25) is 0 Å². The number of benzene rings is 1. The third-order valence-electron chi connectivity index (χ3n) is 5.00. The summed E-state index contributed by atoms with van der Waals surface area (Å²) in [5.41, 5.74) is 2.30. The zero-order valence-electron chi connectivity index (χ0n) is 15.0. The third-order valence-corrected chi connectivity index (χ3v) is 5.00. The maximum Gasteiger partial charge on any atom is 0.202 e. The lowest BCUT2D eigenvalue weighted by Gasteiger charge is -2.31. The van der Waals surface area contributed by atoms with Crippen molar-refractivity contribution in [2.75, 3.05) is 13.1 Å². The average molecular weight is 349 g/mol. The van der Waals surface area contributed by atoms with Crippen LogP contribution in [0.1, 0.15) is 29.0 Å². The van der Waals surface area contributed by atoms with Gasteiger partial charge < -0.3 is 4.57 Å². The van der Waals surface area contributed by atoms with E-state index in [1.165, 1.54) is 5.56 Å². The molecular weight excluding hydrogens is 326 g/mol. The van der Waals surface area contributed by atoms with Crippen LogP contribution in [0.3, 0.4) is 0 Å². The zero-order chi connectivity index (χ0) is 17.9. The summed E-state index contributed by atoms with van der Waals surface area (Å²) in [7, 11) is 1.88. The highest BCUT2D eigenvalue weighted by molar-refractivity contribution is 5.94. The largest absolute Gasteiger partial charge is 0.332 e. The van der Waals surface area contributed by atoms with Crippen molar-refractivity contribution in [1.29, 1.82) is 0 Å². The molecule has 0 radical (unpaired) electrons. The molecule has 4 rings (SSSR count). The van der Waals surface area contributed by atoms with Crippen LogP contribution >= 0.6 is 0 Å². The molecule has 0 N–H and O–H groups in total. The van der Waals surface area contributed by atoms with E-state index in [2.05, 4.69) is 39.2 Å². The highest BCUT2D eigenvalue weighted by Crippen LogP contribution is 2.22. The average Bonchev–Trinajstić information content (AvgIpc) is 3.33. The number of likely N-dealkylation sites (tertiary alicyclic amines) is 1. The molecule has 1 aliphatic heterocycles. The lowest BCUT2D eigenvalue weighted by Crippen LogP contribution is -2.38. The molecule has 1 fully saturated rings. The Kier molecular flexibility index (Phi) is 4.67. The minimum Gasteiger partial charge on any atom is -0.332 e. The topological polar surface area (TPSA) is 56.0 Å². The molecule has 6 nitrogen and oxygen atoms in total. The summed E-state index contributed by atoms with van der Waals surface area (Å²) in [4.78, 5) is 19.4. The van der Waals surface area contributed by atoms with Crippen molar-refractivity contribution in [2.45, 2.75) is 19.4 Å². The number of imidazole rings is 1. The molecule has 0 bridgehead atoms. The Labute approximate surface area is 153 Å². The predicted octanol–water partition coefficient (Wildman–Crippen LogP) is 2.70. The second-order valence-electron chi connectivity index (χ2n) is 6.92. The molecule has 1 saturated heterocycles. The Hall–Kier alpha value is -2.73. The Bertz CT molecular complexity index is 883. The first-order valence-electron chi connectivity index (χ1n) is 9.03. The quantitative estimate of drug-likeness (QED) is 0.665. The number of hydrogen-bond acceptors (Lipinski definition) is 4. The normalized spacial score (nSPS) is 18.1. The summed E-state index contributed by atoms with van der Waals surface area (Å²) in [5, 5.41) is 4.30. The van der Waals surface area contributed by atoms with Crippen LogP contribution in [-0.2, 0) is 13.6 Å². The smallest absolute Gasteiger partial charge is 0.202 e. The number of carbonyl (C=O) groups is 1. The van der Waals surface area contributed by atoms with Gasteiger partial charge in [-0.25, -0.2) is 9.67 Å². The van der Waals surface area contributed by atoms with Gasteiger partial charge in [-0.15, -0.1) is 0 Å². The van der Waals surface area contributed by atoms with E-state index in [4.69, 9.17) is 0 Å². The van der Waals surface area contributed by atoms with E-state index in [9.17, 15) is 4.79 Å². The predicted molar refractivity (Wildman–Crippen MR) is 99.1 cm³/mol. The van der Waals surface area contributed by atoms with Crippen molar-refractivity contribution in [3.63, 3.8) is 0 Å². The van der Waals surface area contributed by atoms with Gasteiger partial charge in [0, 0.05) is 50.8 Å². The second-order valence-corrected chi connectivity index (χ2v) is 6.92. The van der Waals surface area contributed by atoms with Crippen LogP contribution in [0.4, 0.5) is 0 Å². The van der Waals surface area contributed by atoms with Gasteiger partial charge in [-0.3, -0.25) is 9.69 Å². The van der Waals surface area contributed by atoms with Gasteiger partial charge in [0.25, 0.3) is 0 Å². The monoisotopic (exact) mass is 349 g/mol. The molecule has 2 aromatic heterocycles. The van der Waals surface area contributed by atoms with Crippen molar-refractivity contribution in [1.82, 2.24) is 24.2 Å². The highest BCUT2D eigenvalue weighted by Gasteiger charge is 2.28. The van der Waals surface area contributed by atoms with E-state index < -0.39 is 0 Å². The number of piperidine rings is 1. The van der Waals surface area contributed by atoms with Gasteiger partial charge in [0.1, 0.15) is 0 Å². The Morgan fingerprint density at radius 3 is 2.92 bits per heavy atom. The fraction of sp³-hybridized carbons (Fsp3) is 0.350. The van der Waals surface area contributed by atoms with E-state index in [1.54, 1.807) is 12.4 Å². The molecule has 1 atom stereocenters. The van der Waals surface area contributed by atoms with Crippen molar-refractivity contribution < 1.29 is 4.79 Å². The van der Waals surface area contributed by atoms with Gasteiger partial charge in [-0.2, -0.15) is 5.10 Å². The number of rotatable bonds is 5. The van der Waals surface area contributed by atoms with Crippen LogP contribution < -0.4 is 0 Å². The number of hydrogen-bond donors (Lipinski definition) is 0. The number of carbonyl (C=O) groups excluding carboxylic acids is 1. The summed E-state index contributed by atoms with van der Waals surface area (Å²) in [6, 6.07) is 10.3. The van der Waals surface area contributed by atoms with Crippen LogP contribution in [0, 0.1) is 5.92 Å². The number of nitrogens with zero attached hydrogens (tertiary/aromatic N) is 5. The maximum absolute atomic E-state index is 12.8. The first-order valence-corrected chi connectivity index (χ1v) is 9.03. The van der Waals surface area contributed by atoms with Gasteiger partial charge in [0.2, 0.25) is 5.78 Å². The first kappa shape index (κ1) is 16.7. The van der Waals surface area contributed by atoms with Gasteiger partial charge in [0.15, 0.2) is 5.82 Å². The molecule has 3 aromatic rings. The number of Topliss-reactive ketones (excluding diaryl/α,β-unsaturated/α-hetero) is 1. The molecule has 3 heterocycles. The van der Waals surface area contributed by atoms with E-state index in [0.29, 0.717) is 5.82 Å². The number of aromatic nitrogens is 4. The van der Waals surface area contributed by atoms with E-state index in [-0.39, 0.29) is 11.7 Å². The molecule has 0 amide bonds. The first-order chi connectivity index (χ1) is 12.7. The Morgan fingerprint density at radius 1 is 1.23 bits per heavy atom. The molecule has 6 heteroatoms.